The molecule has 7 nitrogen and oxygen atoms in total. The third kappa shape index (κ3) is 2.46. The van der Waals surface area contributed by atoms with Gasteiger partial charge in [-0.05, 0) is 42.8 Å². The van der Waals surface area contributed by atoms with Gasteiger partial charge in [0.05, 0.1) is 24.3 Å². The minimum Gasteiger partial charge on any atom is -0.490 e. The van der Waals surface area contributed by atoms with Gasteiger partial charge in [-0.3, -0.25) is 4.79 Å². The van der Waals surface area contributed by atoms with E-state index in [-0.39, 0.29) is 24.3 Å². The number of carbonyl (C=O) groups excluding carboxylic acids is 2. The predicted molar refractivity (Wildman–Crippen MR) is 94.8 cm³/mol. The van der Waals surface area contributed by atoms with Gasteiger partial charge < -0.3 is 19.7 Å². The number of ether oxygens (including phenoxy) is 2. The van der Waals surface area contributed by atoms with E-state index in [4.69, 9.17) is 9.47 Å². The van der Waals surface area contributed by atoms with Crippen molar-refractivity contribution in [3.8, 4) is 5.75 Å². The molecule has 1 aromatic heterocycles. The summed E-state index contributed by atoms with van der Waals surface area (Å²) in [6, 6.07) is 5.66. The molecular weight excluding hydrogens is 334 g/mol. The number of fused-ring (bicyclic) bond motifs is 2. The number of nitrogens with one attached hydrogen (secondary N) is 1. The summed E-state index contributed by atoms with van der Waals surface area (Å²) in [6.45, 7) is 1.25. The fourth-order valence-corrected chi connectivity index (χ4v) is 3.85. The van der Waals surface area contributed by atoms with E-state index in [2.05, 4.69) is 15.2 Å². The summed E-state index contributed by atoms with van der Waals surface area (Å²) < 4.78 is 11.3. The molecule has 2 aromatic rings. The Morgan fingerprint density at radius 3 is 2.92 bits per heavy atom. The summed E-state index contributed by atoms with van der Waals surface area (Å²) in [5, 5.41) is 4.72. The third-order valence-electron chi connectivity index (χ3n) is 5.47. The van der Waals surface area contributed by atoms with Gasteiger partial charge in [-0.25, -0.2) is 9.78 Å². The predicted octanol–water partition coefficient (Wildman–Crippen LogP) is 2.28. The van der Waals surface area contributed by atoms with Gasteiger partial charge in [-0.2, -0.15) is 0 Å². The first-order valence-corrected chi connectivity index (χ1v) is 8.98. The number of aldehydes is 1. The molecule has 1 aliphatic carbocycles. The molecule has 1 saturated carbocycles. The molecule has 3 fully saturated rings. The van der Waals surface area contributed by atoms with Crippen molar-refractivity contribution in [2.75, 3.05) is 18.0 Å². The second kappa shape index (κ2) is 5.86. The van der Waals surface area contributed by atoms with E-state index in [1.54, 1.807) is 6.20 Å². The summed E-state index contributed by atoms with van der Waals surface area (Å²) in [5.74, 6) is 1.45. The minimum atomic E-state index is -0.350. The molecule has 2 unspecified atom stereocenters. The Labute approximate surface area is 150 Å². The molecule has 2 aliphatic heterocycles. The highest BCUT2D eigenvalue weighted by atomic mass is 16.6. The summed E-state index contributed by atoms with van der Waals surface area (Å²) in [5.41, 5.74) is 0.565. The molecule has 26 heavy (non-hydrogen) atoms. The molecular formula is C19H19N3O4. The zero-order chi connectivity index (χ0) is 17.7. The summed E-state index contributed by atoms with van der Waals surface area (Å²) >= 11 is 0. The van der Waals surface area contributed by atoms with Gasteiger partial charge in [-0.15, -0.1) is 0 Å². The highest BCUT2D eigenvalue weighted by molar-refractivity contribution is 5.98. The highest BCUT2D eigenvalue weighted by Crippen LogP contribution is 2.35. The van der Waals surface area contributed by atoms with E-state index in [9.17, 15) is 9.59 Å². The van der Waals surface area contributed by atoms with Crippen LogP contribution in [0.2, 0.25) is 0 Å². The molecule has 134 valence electrons. The monoisotopic (exact) mass is 353 g/mol. The highest BCUT2D eigenvalue weighted by Gasteiger charge is 2.42. The minimum absolute atomic E-state index is 0.0144. The standard InChI is InChI=1S/C19H19N3O4/c23-10-12-6-11-4-5-20-18(14(11)7-16(12)25-13-2-1-3-13)22-8-15-17(9-22)26-19(24)21-15/h4-7,10,13,15,17H,1-3,8-9H2,(H,21,24). The van der Waals surface area contributed by atoms with Crippen LogP contribution in [0.3, 0.4) is 0 Å². The largest absolute Gasteiger partial charge is 0.490 e. The number of alkyl carbamates (subject to hydrolysis) is 1. The van der Waals surface area contributed by atoms with Gasteiger partial charge in [0.2, 0.25) is 0 Å². The number of benzene rings is 1. The number of amides is 1. The maximum absolute atomic E-state index is 11.5. The van der Waals surface area contributed by atoms with E-state index in [1.807, 2.05) is 18.2 Å². The number of rotatable bonds is 4. The van der Waals surface area contributed by atoms with E-state index in [1.165, 1.54) is 6.42 Å². The number of hydrogen-bond acceptors (Lipinski definition) is 6. The van der Waals surface area contributed by atoms with Crippen LogP contribution in [0, 0.1) is 0 Å². The molecule has 0 spiro atoms. The maximum Gasteiger partial charge on any atom is 0.407 e. The number of pyridine rings is 1. The van der Waals surface area contributed by atoms with Crippen LogP contribution in [-0.2, 0) is 4.74 Å². The second-order valence-corrected chi connectivity index (χ2v) is 7.13. The molecule has 0 bridgehead atoms. The van der Waals surface area contributed by atoms with E-state index in [0.717, 1.165) is 35.7 Å². The molecule has 1 N–H and O–H groups in total. The van der Waals surface area contributed by atoms with E-state index >= 15 is 0 Å². The van der Waals surface area contributed by atoms with Crippen molar-refractivity contribution in [3.63, 3.8) is 0 Å². The van der Waals surface area contributed by atoms with Crippen molar-refractivity contribution in [3.05, 3.63) is 30.0 Å². The molecule has 1 amide bonds. The summed E-state index contributed by atoms with van der Waals surface area (Å²) in [4.78, 5) is 29.5. The fraction of sp³-hybridized carbons (Fsp3) is 0.421. The van der Waals surface area contributed by atoms with Crippen molar-refractivity contribution in [2.24, 2.45) is 0 Å². The van der Waals surface area contributed by atoms with Gasteiger partial charge >= 0.3 is 6.09 Å². The van der Waals surface area contributed by atoms with Crippen LogP contribution in [0.4, 0.5) is 10.6 Å². The lowest BCUT2D eigenvalue weighted by molar-refractivity contribution is 0.108. The van der Waals surface area contributed by atoms with E-state index in [0.29, 0.717) is 24.4 Å². The smallest absolute Gasteiger partial charge is 0.407 e. The average Bonchev–Trinajstić information content (AvgIpc) is 3.14. The normalized spacial score (nSPS) is 24.8. The SMILES string of the molecule is O=Cc1cc2ccnc(N3CC4NC(=O)OC4C3)c2cc1OC1CCC1. The number of anilines is 1. The molecule has 0 radical (unpaired) electrons. The fourth-order valence-electron chi connectivity index (χ4n) is 3.85. The molecule has 1 aromatic carbocycles. The summed E-state index contributed by atoms with van der Waals surface area (Å²) in [7, 11) is 0. The Balaban J connectivity index is 1.52. The first-order valence-electron chi connectivity index (χ1n) is 8.98. The van der Waals surface area contributed by atoms with Crippen LogP contribution in [0.25, 0.3) is 10.8 Å². The first-order chi connectivity index (χ1) is 12.7. The quantitative estimate of drug-likeness (QED) is 0.850. The Morgan fingerprint density at radius 1 is 1.31 bits per heavy atom. The van der Waals surface area contributed by atoms with Crippen LogP contribution >= 0.6 is 0 Å². The average molecular weight is 353 g/mol. The van der Waals surface area contributed by atoms with Gasteiger partial charge in [0.15, 0.2) is 6.29 Å². The van der Waals surface area contributed by atoms with Crippen LogP contribution < -0.4 is 15.0 Å². The molecule has 5 rings (SSSR count). The Hall–Kier alpha value is -2.83. The lowest BCUT2D eigenvalue weighted by Crippen LogP contribution is -2.32. The van der Waals surface area contributed by atoms with Crippen LogP contribution in [0.15, 0.2) is 24.4 Å². The van der Waals surface area contributed by atoms with Crippen LogP contribution in [0.1, 0.15) is 29.6 Å². The maximum atomic E-state index is 11.5. The Kier molecular flexibility index (Phi) is 3.48. The topological polar surface area (TPSA) is 80.8 Å². The van der Waals surface area contributed by atoms with Crippen LogP contribution in [-0.4, -0.2) is 48.7 Å². The molecule has 2 atom stereocenters. The zero-order valence-corrected chi connectivity index (χ0v) is 14.2. The van der Waals surface area contributed by atoms with E-state index < -0.39 is 0 Å². The first kappa shape index (κ1) is 15.4. The van der Waals surface area contributed by atoms with Crippen molar-refractivity contribution in [2.45, 2.75) is 37.5 Å². The van der Waals surface area contributed by atoms with Crippen molar-refractivity contribution in [1.82, 2.24) is 10.3 Å². The number of hydrogen-bond donors (Lipinski definition) is 1. The van der Waals surface area contributed by atoms with Crippen molar-refractivity contribution in [1.29, 1.82) is 0 Å². The summed E-state index contributed by atoms with van der Waals surface area (Å²) in [6.07, 6.45) is 5.51. The Bertz CT molecular complexity index is 880. The lowest BCUT2D eigenvalue weighted by atomic mass is 9.96. The zero-order valence-electron chi connectivity index (χ0n) is 14.2. The molecule has 3 aliphatic rings. The molecule has 3 heterocycles. The third-order valence-corrected chi connectivity index (χ3v) is 5.47. The van der Waals surface area contributed by atoms with Gasteiger partial charge in [-0.1, -0.05) is 0 Å². The number of nitrogens with zero attached hydrogens (tertiary/aromatic N) is 2. The Morgan fingerprint density at radius 2 is 2.19 bits per heavy atom. The molecule has 7 heteroatoms. The van der Waals surface area contributed by atoms with Crippen molar-refractivity contribution >= 4 is 29.0 Å². The molecule has 2 saturated heterocycles. The lowest BCUT2D eigenvalue weighted by Gasteiger charge is -2.27. The number of carbonyl (C=O) groups is 2. The van der Waals surface area contributed by atoms with Gasteiger partial charge in [0.25, 0.3) is 0 Å². The van der Waals surface area contributed by atoms with Crippen LogP contribution in [0.5, 0.6) is 5.75 Å². The van der Waals surface area contributed by atoms with Gasteiger partial charge in [0.1, 0.15) is 17.7 Å². The van der Waals surface area contributed by atoms with Crippen molar-refractivity contribution < 1.29 is 19.1 Å². The number of aromatic nitrogens is 1. The van der Waals surface area contributed by atoms with Gasteiger partial charge in [0, 0.05) is 18.1 Å². The second-order valence-electron chi connectivity index (χ2n) is 7.13.